The monoisotopic (exact) mass is 374 g/mol. The fourth-order valence-electron chi connectivity index (χ4n) is 2.93. The van der Waals surface area contributed by atoms with Crippen LogP contribution in [0.4, 0.5) is 0 Å². The molecule has 0 atom stereocenters. The average molecular weight is 374 g/mol. The van der Waals surface area contributed by atoms with E-state index in [0.717, 1.165) is 16.8 Å². The highest BCUT2D eigenvalue weighted by atomic mass is 16.5. The summed E-state index contributed by atoms with van der Waals surface area (Å²) in [6.07, 6.45) is 1.82. The van der Waals surface area contributed by atoms with Crippen LogP contribution in [0.3, 0.4) is 0 Å². The second-order valence-corrected chi connectivity index (χ2v) is 6.23. The highest BCUT2D eigenvalue weighted by molar-refractivity contribution is 5.96. The molecule has 7 heteroatoms. The third-order valence-electron chi connectivity index (χ3n) is 4.41. The second kappa shape index (κ2) is 7.40. The molecule has 1 amide bonds. The molecule has 0 bridgehead atoms. The number of carbonyl (C=O) groups is 1. The van der Waals surface area contributed by atoms with Crippen LogP contribution >= 0.6 is 0 Å². The van der Waals surface area contributed by atoms with Crippen LogP contribution in [0, 0.1) is 0 Å². The van der Waals surface area contributed by atoms with Crippen molar-refractivity contribution in [2.75, 3.05) is 7.11 Å². The van der Waals surface area contributed by atoms with Crippen LogP contribution < -0.4 is 15.6 Å². The number of aromatic amines is 1. The van der Waals surface area contributed by atoms with E-state index in [4.69, 9.17) is 4.74 Å². The molecule has 0 aliphatic rings. The molecule has 0 fully saturated rings. The number of fused-ring (bicyclic) bond motifs is 1. The van der Waals surface area contributed by atoms with Gasteiger partial charge in [-0.3, -0.25) is 9.59 Å². The number of benzene rings is 2. The number of hydrogen-bond donors (Lipinski definition) is 2. The first-order chi connectivity index (χ1) is 13.6. The summed E-state index contributed by atoms with van der Waals surface area (Å²) in [6.45, 7) is 0.247. The van der Waals surface area contributed by atoms with Gasteiger partial charge in [-0.2, -0.15) is 5.10 Å². The molecule has 2 aromatic carbocycles. The largest absolute Gasteiger partial charge is 0.497 e. The first kappa shape index (κ1) is 17.5. The molecular formula is C21H18N4O3. The molecule has 0 aliphatic carbocycles. The average Bonchev–Trinajstić information content (AvgIpc) is 3.21. The summed E-state index contributed by atoms with van der Waals surface area (Å²) < 4.78 is 6.87. The van der Waals surface area contributed by atoms with Crippen LogP contribution in [0.5, 0.6) is 5.75 Å². The Morgan fingerprint density at radius 2 is 1.93 bits per heavy atom. The lowest BCUT2D eigenvalue weighted by Crippen LogP contribution is -2.26. The Kier molecular flexibility index (Phi) is 4.63. The molecule has 7 nitrogen and oxygen atoms in total. The van der Waals surface area contributed by atoms with Gasteiger partial charge in [0.25, 0.3) is 11.5 Å². The predicted molar refractivity (Wildman–Crippen MR) is 106 cm³/mol. The van der Waals surface area contributed by atoms with Crippen molar-refractivity contribution in [3.05, 3.63) is 88.6 Å². The molecule has 4 aromatic rings. The van der Waals surface area contributed by atoms with Gasteiger partial charge in [0.2, 0.25) is 0 Å². The molecule has 28 heavy (non-hydrogen) atoms. The third kappa shape index (κ3) is 3.50. The number of aromatic nitrogens is 3. The quantitative estimate of drug-likeness (QED) is 0.562. The lowest BCUT2D eigenvalue weighted by atomic mass is 10.1. The van der Waals surface area contributed by atoms with Gasteiger partial charge >= 0.3 is 0 Å². The van der Waals surface area contributed by atoms with Gasteiger partial charge in [0, 0.05) is 11.6 Å². The van der Waals surface area contributed by atoms with Crippen molar-refractivity contribution in [1.82, 2.24) is 20.1 Å². The zero-order valence-electron chi connectivity index (χ0n) is 15.2. The van der Waals surface area contributed by atoms with Gasteiger partial charge in [0.15, 0.2) is 0 Å². The maximum atomic E-state index is 12.4. The molecule has 4 rings (SSSR count). The summed E-state index contributed by atoms with van der Waals surface area (Å²) in [7, 11) is 1.62. The van der Waals surface area contributed by atoms with E-state index in [1.54, 1.807) is 36.1 Å². The standard InChI is InChI=1S/C21H18N4O3/c1-28-17-8-6-16(7-9-17)25-11-10-15(24-25)13-22-21(27)19-12-14-4-2-3-5-18(14)20(26)23-19/h2-12H,13H2,1H3,(H,22,27)(H,23,26). The number of carbonyl (C=O) groups excluding carboxylic acids is 1. The fourth-order valence-corrected chi connectivity index (χ4v) is 2.93. The number of hydrogen-bond acceptors (Lipinski definition) is 4. The van der Waals surface area contributed by atoms with E-state index in [1.807, 2.05) is 42.6 Å². The smallest absolute Gasteiger partial charge is 0.268 e. The summed E-state index contributed by atoms with van der Waals surface area (Å²) >= 11 is 0. The normalized spacial score (nSPS) is 10.8. The van der Waals surface area contributed by atoms with Gasteiger partial charge in [0.1, 0.15) is 11.4 Å². The van der Waals surface area contributed by atoms with E-state index >= 15 is 0 Å². The van der Waals surface area contributed by atoms with E-state index in [1.165, 1.54) is 0 Å². The van der Waals surface area contributed by atoms with Gasteiger partial charge in [-0.15, -0.1) is 0 Å². The highest BCUT2D eigenvalue weighted by Gasteiger charge is 2.10. The van der Waals surface area contributed by atoms with Gasteiger partial charge in [-0.1, -0.05) is 18.2 Å². The summed E-state index contributed by atoms with van der Waals surface area (Å²) in [5.74, 6) is 0.412. The summed E-state index contributed by atoms with van der Waals surface area (Å²) in [5, 5.41) is 8.52. The van der Waals surface area contributed by atoms with E-state index in [-0.39, 0.29) is 23.7 Å². The summed E-state index contributed by atoms with van der Waals surface area (Å²) in [5.41, 5.74) is 1.52. The maximum absolute atomic E-state index is 12.4. The van der Waals surface area contributed by atoms with Crippen molar-refractivity contribution in [2.24, 2.45) is 0 Å². The van der Waals surface area contributed by atoms with Gasteiger partial charge in [-0.05, 0) is 47.9 Å². The first-order valence-corrected chi connectivity index (χ1v) is 8.73. The van der Waals surface area contributed by atoms with E-state index in [2.05, 4.69) is 15.4 Å². The number of rotatable bonds is 5. The fraction of sp³-hybridized carbons (Fsp3) is 0.0952. The number of pyridine rings is 1. The minimum Gasteiger partial charge on any atom is -0.497 e. The van der Waals surface area contributed by atoms with Gasteiger partial charge in [0.05, 0.1) is 25.0 Å². The Balaban J connectivity index is 1.46. The number of nitrogens with zero attached hydrogens (tertiary/aromatic N) is 2. The van der Waals surface area contributed by atoms with Crippen LogP contribution in [0.2, 0.25) is 0 Å². The number of nitrogens with one attached hydrogen (secondary N) is 2. The number of ether oxygens (including phenoxy) is 1. The lowest BCUT2D eigenvalue weighted by Gasteiger charge is -2.05. The molecule has 0 unspecified atom stereocenters. The number of H-pyrrole nitrogens is 1. The van der Waals surface area contributed by atoms with Crippen LogP contribution in [0.15, 0.2) is 71.7 Å². The molecule has 0 saturated heterocycles. The van der Waals surface area contributed by atoms with E-state index in [0.29, 0.717) is 11.1 Å². The zero-order valence-corrected chi connectivity index (χ0v) is 15.2. The number of methoxy groups -OCH3 is 1. The Bertz CT molecular complexity index is 1190. The molecular weight excluding hydrogens is 356 g/mol. The Morgan fingerprint density at radius 3 is 2.71 bits per heavy atom. The van der Waals surface area contributed by atoms with Gasteiger partial charge in [-0.25, -0.2) is 4.68 Å². The maximum Gasteiger partial charge on any atom is 0.268 e. The summed E-state index contributed by atoms with van der Waals surface area (Å²) in [6, 6.07) is 18.1. The van der Waals surface area contributed by atoms with Crippen molar-refractivity contribution in [3.63, 3.8) is 0 Å². The van der Waals surface area contributed by atoms with Crippen molar-refractivity contribution >= 4 is 16.7 Å². The minimum absolute atomic E-state index is 0.221. The van der Waals surface area contributed by atoms with Crippen LogP contribution in [-0.4, -0.2) is 27.8 Å². The zero-order chi connectivity index (χ0) is 19.5. The molecule has 2 N–H and O–H groups in total. The Labute approximate surface area is 160 Å². The van der Waals surface area contributed by atoms with Crippen LogP contribution in [0.1, 0.15) is 16.2 Å². The molecule has 2 aromatic heterocycles. The van der Waals surface area contributed by atoms with Crippen LogP contribution in [-0.2, 0) is 6.54 Å². The van der Waals surface area contributed by atoms with Crippen molar-refractivity contribution in [3.8, 4) is 11.4 Å². The molecule has 2 heterocycles. The molecule has 140 valence electrons. The molecule has 0 aliphatic heterocycles. The molecule has 0 radical (unpaired) electrons. The van der Waals surface area contributed by atoms with Crippen LogP contribution in [0.25, 0.3) is 16.5 Å². The first-order valence-electron chi connectivity index (χ1n) is 8.73. The summed E-state index contributed by atoms with van der Waals surface area (Å²) in [4.78, 5) is 27.2. The lowest BCUT2D eigenvalue weighted by molar-refractivity contribution is 0.0945. The van der Waals surface area contributed by atoms with Crippen molar-refractivity contribution < 1.29 is 9.53 Å². The highest BCUT2D eigenvalue weighted by Crippen LogP contribution is 2.14. The molecule has 0 spiro atoms. The Morgan fingerprint density at radius 1 is 1.14 bits per heavy atom. The van der Waals surface area contributed by atoms with Crippen molar-refractivity contribution in [2.45, 2.75) is 6.54 Å². The van der Waals surface area contributed by atoms with E-state index < -0.39 is 0 Å². The third-order valence-corrected chi connectivity index (χ3v) is 4.41. The number of amides is 1. The SMILES string of the molecule is COc1ccc(-n2ccc(CNC(=O)c3cc4ccccc4c(=O)[nH]3)n2)cc1. The van der Waals surface area contributed by atoms with Crippen molar-refractivity contribution in [1.29, 1.82) is 0 Å². The second-order valence-electron chi connectivity index (χ2n) is 6.23. The van der Waals surface area contributed by atoms with E-state index in [9.17, 15) is 9.59 Å². The Hall–Kier alpha value is -3.87. The van der Waals surface area contributed by atoms with Gasteiger partial charge < -0.3 is 15.0 Å². The topological polar surface area (TPSA) is 89.0 Å². The molecule has 0 saturated carbocycles. The minimum atomic E-state index is -0.359. The predicted octanol–water partition coefficient (Wildman–Crippen LogP) is 2.65.